The molecule has 0 radical (unpaired) electrons. The van der Waals surface area contributed by atoms with Gasteiger partial charge in [-0.15, -0.1) is 11.3 Å². The fraction of sp³-hybridized carbons (Fsp3) is 0.692. The maximum absolute atomic E-state index is 11.2. The van der Waals surface area contributed by atoms with Crippen LogP contribution in [0.25, 0.3) is 0 Å². The molecule has 1 heterocycles. The van der Waals surface area contributed by atoms with Crippen LogP contribution < -0.4 is 5.32 Å². The molecule has 5 heteroatoms. The molecule has 1 amide bonds. The van der Waals surface area contributed by atoms with Crippen LogP contribution in [0, 0.1) is 0 Å². The van der Waals surface area contributed by atoms with Crippen molar-refractivity contribution in [2.75, 3.05) is 6.61 Å². The number of hydrogen-bond donors (Lipinski definition) is 1. The molecular weight excluding hydrogens is 248 g/mol. The van der Waals surface area contributed by atoms with Gasteiger partial charge in [-0.25, -0.2) is 9.78 Å². The summed E-state index contributed by atoms with van der Waals surface area (Å²) in [4.78, 5) is 15.8. The predicted octanol–water partition coefficient (Wildman–Crippen LogP) is 3.44. The number of carbonyl (C=O) groups is 1. The predicted molar refractivity (Wildman–Crippen MR) is 71.8 cm³/mol. The van der Waals surface area contributed by atoms with Crippen LogP contribution in [-0.4, -0.2) is 17.7 Å². The Morgan fingerprint density at radius 2 is 2.28 bits per heavy atom. The molecule has 1 aromatic rings. The van der Waals surface area contributed by atoms with Gasteiger partial charge in [0.05, 0.1) is 18.8 Å². The van der Waals surface area contributed by atoms with Crippen molar-refractivity contribution in [1.29, 1.82) is 0 Å². The Bertz CT molecular complexity index is 386. The van der Waals surface area contributed by atoms with Gasteiger partial charge in [0.25, 0.3) is 0 Å². The Kier molecular flexibility index (Phi) is 4.99. The molecule has 0 bridgehead atoms. The zero-order valence-corrected chi connectivity index (χ0v) is 11.6. The molecule has 1 fully saturated rings. The zero-order chi connectivity index (χ0) is 12.8. The summed E-state index contributed by atoms with van der Waals surface area (Å²) in [7, 11) is 0. The van der Waals surface area contributed by atoms with Crippen molar-refractivity contribution in [2.45, 2.75) is 51.5 Å². The summed E-state index contributed by atoms with van der Waals surface area (Å²) in [5.41, 5.74) is 1.21. The number of hydrogen-bond acceptors (Lipinski definition) is 4. The number of rotatable bonds is 4. The normalized spacial score (nSPS) is 16.5. The Labute approximate surface area is 112 Å². The summed E-state index contributed by atoms with van der Waals surface area (Å²) in [5, 5.41) is 5.80. The highest BCUT2D eigenvalue weighted by Crippen LogP contribution is 2.32. The Morgan fingerprint density at radius 1 is 1.50 bits per heavy atom. The largest absolute Gasteiger partial charge is 0.450 e. The molecule has 0 atom stereocenters. The van der Waals surface area contributed by atoms with E-state index < -0.39 is 0 Å². The molecule has 1 N–H and O–H groups in total. The molecule has 1 aliphatic rings. The first-order valence-electron chi connectivity index (χ1n) is 6.64. The number of carbonyl (C=O) groups excluding carboxylic acids is 1. The molecular formula is C13H20N2O2S. The maximum Gasteiger partial charge on any atom is 0.407 e. The number of ether oxygens (including phenoxy) is 1. The lowest BCUT2D eigenvalue weighted by Crippen LogP contribution is -2.23. The SMILES string of the molecule is CCOC(=O)NCc1nc(C2CCCCC2)cs1. The summed E-state index contributed by atoms with van der Waals surface area (Å²) in [5.74, 6) is 0.631. The van der Waals surface area contributed by atoms with Gasteiger partial charge in [-0.2, -0.15) is 0 Å². The third kappa shape index (κ3) is 3.70. The van der Waals surface area contributed by atoms with E-state index in [1.54, 1.807) is 18.3 Å². The van der Waals surface area contributed by atoms with E-state index in [9.17, 15) is 4.79 Å². The molecule has 1 saturated carbocycles. The molecule has 4 nitrogen and oxygen atoms in total. The van der Waals surface area contributed by atoms with Crippen LogP contribution in [0.2, 0.25) is 0 Å². The first-order valence-corrected chi connectivity index (χ1v) is 7.52. The Morgan fingerprint density at radius 3 is 3.00 bits per heavy atom. The lowest BCUT2D eigenvalue weighted by atomic mass is 9.87. The number of aromatic nitrogens is 1. The van der Waals surface area contributed by atoms with Crippen molar-refractivity contribution in [1.82, 2.24) is 10.3 Å². The van der Waals surface area contributed by atoms with Gasteiger partial charge in [0.1, 0.15) is 5.01 Å². The van der Waals surface area contributed by atoms with Crippen LogP contribution in [0.3, 0.4) is 0 Å². The molecule has 2 rings (SSSR count). The second-order valence-electron chi connectivity index (χ2n) is 4.58. The molecule has 1 aromatic heterocycles. The molecule has 0 aromatic carbocycles. The average molecular weight is 268 g/mol. The fourth-order valence-electron chi connectivity index (χ4n) is 2.32. The first kappa shape index (κ1) is 13.3. The van der Waals surface area contributed by atoms with E-state index >= 15 is 0 Å². The molecule has 18 heavy (non-hydrogen) atoms. The van der Waals surface area contributed by atoms with E-state index in [1.165, 1.54) is 37.8 Å². The van der Waals surface area contributed by atoms with Crippen LogP contribution >= 0.6 is 11.3 Å². The van der Waals surface area contributed by atoms with Crippen LogP contribution in [0.5, 0.6) is 0 Å². The molecule has 0 aliphatic heterocycles. The zero-order valence-electron chi connectivity index (χ0n) is 10.8. The lowest BCUT2D eigenvalue weighted by Gasteiger charge is -2.19. The fourth-order valence-corrected chi connectivity index (χ4v) is 3.14. The number of nitrogens with zero attached hydrogens (tertiary/aromatic N) is 1. The first-order chi connectivity index (χ1) is 8.79. The second kappa shape index (κ2) is 6.73. The van der Waals surface area contributed by atoms with Crippen molar-refractivity contribution >= 4 is 17.4 Å². The number of thiazole rings is 1. The minimum absolute atomic E-state index is 0.369. The molecule has 0 spiro atoms. The van der Waals surface area contributed by atoms with Crippen LogP contribution in [0.4, 0.5) is 4.79 Å². The third-order valence-electron chi connectivity index (χ3n) is 3.25. The smallest absolute Gasteiger partial charge is 0.407 e. The van der Waals surface area contributed by atoms with Gasteiger partial charge in [0.15, 0.2) is 0 Å². The van der Waals surface area contributed by atoms with Gasteiger partial charge in [0, 0.05) is 11.3 Å². The highest BCUT2D eigenvalue weighted by molar-refractivity contribution is 7.09. The van der Waals surface area contributed by atoms with E-state index in [0.717, 1.165) is 5.01 Å². The van der Waals surface area contributed by atoms with Crippen molar-refractivity contribution in [3.63, 3.8) is 0 Å². The Balaban J connectivity index is 1.83. The number of nitrogens with one attached hydrogen (secondary N) is 1. The number of amides is 1. The molecule has 0 unspecified atom stereocenters. The van der Waals surface area contributed by atoms with Crippen molar-refractivity contribution in [2.24, 2.45) is 0 Å². The van der Waals surface area contributed by atoms with Crippen LogP contribution in [0.1, 0.15) is 55.6 Å². The van der Waals surface area contributed by atoms with Crippen molar-refractivity contribution in [3.8, 4) is 0 Å². The highest BCUT2D eigenvalue weighted by atomic mass is 32.1. The minimum atomic E-state index is -0.369. The van der Waals surface area contributed by atoms with E-state index in [1.807, 2.05) is 0 Å². The lowest BCUT2D eigenvalue weighted by molar-refractivity contribution is 0.151. The van der Waals surface area contributed by atoms with Crippen LogP contribution in [-0.2, 0) is 11.3 Å². The monoisotopic (exact) mass is 268 g/mol. The van der Waals surface area contributed by atoms with E-state index in [0.29, 0.717) is 19.1 Å². The quantitative estimate of drug-likeness (QED) is 0.910. The molecule has 1 aliphatic carbocycles. The molecule has 100 valence electrons. The summed E-state index contributed by atoms with van der Waals surface area (Å²) in [6.45, 7) is 2.66. The summed E-state index contributed by atoms with van der Waals surface area (Å²) >= 11 is 1.62. The van der Waals surface area contributed by atoms with Gasteiger partial charge in [-0.1, -0.05) is 19.3 Å². The minimum Gasteiger partial charge on any atom is -0.450 e. The summed E-state index contributed by atoms with van der Waals surface area (Å²) in [6.07, 6.45) is 6.14. The van der Waals surface area contributed by atoms with Gasteiger partial charge in [0.2, 0.25) is 0 Å². The second-order valence-corrected chi connectivity index (χ2v) is 5.52. The average Bonchev–Trinajstić information content (AvgIpc) is 2.87. The van der Waals surface area contributed by atoms with Crippen molar-refractivity contribution < 1.29 is 9.53 Å². The standard InChI is InChI=1S/C13H20N2O2S/c1-2-17-13(16)14-8-12-15-11(9-18-12)10-6-4-3-5-7-10/h9-10H,2-8H2,1H3,(H,14,16). The van der Waals surface area contributed by atoms with E-state index in [-0.39, 0.29) is 6.09 Å². The van der Waals surface area contributed by atoms with Gasteiger partial charge in [-0.05, 0) is 19.8 Å². The van der Waals surface area contributed by atoms with Crippen molar-refractivity contribution in [3.05, 3.63) is 16.1 Å². The van der Waals surface area contributed by atoms with Gasteiger partial charge in [-0.3, -0.25) is 0 Å². The van der Waals surface area contributed by atoms with Gasteiger partial charge < -0.3 is 10.1 Å². The summed E-state index contributed by atoms with van der Waals surface area (Å²) in [6, 6.07) is 0. The number of alkyl carbamates (subject to hydrolysis) is 1. The summed E-state index contributed by atoms with van der Waals surface area (Å²) < 4.78 is 4.81. The van der Waals surface area contributed by atoms with Gasteiger partial charge >= 0.3 is 6.09 Å². The maximum atomic E-state index is 11.2. The van der Waals surface area contributed by atoms with E-state index in [2.05, 4.69) is 15.7 Å². The van der Waals surface area contributed by atoms with Crippen LogP contribution in [0.15, 0.2) is 5.38 Å². The third-order valence-corrected chi connectivity index (χ3v) is 4.12. The van der Waals surface area contributed by atoms with E-state index in [4.69, 9.17) is 4.74 Å². The Hall–Kier alpha value is -1.10. The molecule has 0 saturated heterocycles. The topological polar surface area (TPSA) is 51.2 Å². The highest BCUT2D eigenvalue weighted by Gasteiger charge is 2.18.